The van der Waals surface area contributed by atoms with E-state index in [0.29, 0.717) is 11.5 Å². The molecule has 0 saturated carbocycles. The van der Waals surface area contributed by atoms with Gasteiger partial charge < -0.3 is 15.8 Å². The van der Waals surface area contributed by atoms with Crippen LogP contribution in [-0.2, 0) is 4.79 Å². The van der Waals surface area contributed by atoms with Crippen LogP contribution < -0.4 is 21.9 Å². The lowest BCUT2D eigenvalue weighted by Gasteiger charge is -2.24. The van der Waals surface area contributed by atoms with Crippen LogP contribution >= 0.6 is 0 Å². The number of aromatic nitrogens is 3. The Kier molecular flexibility index (Phi) is 5.23. The van der Waals surface area contributed by atoms with E-state index in [9.17, 15) is 9.59 Å². The maximum absolute atomic E-state index is 11.8. The third kappa shape index (κ3) is 3.82. The first-order chi connectivity index (χ1) is 13.0. The van der Waals surface area contributed by atoms with E-state index in [2.05, 4.69) is 20.3 Å². The van der Waals surface area contributed by atoms with Gasteiger partial charge in [0.25, 0.3) is 5.91 Å². The number of nitrogens with zero attached hydrogens (tertiary/aromatic N) is 4. The predicted octanol–water partition coefficient (Wildman–Crippen LogP) is 1.52. The third-order valence-corrected chi connectivity index (χ3v) is 4.10. The summed E-state index contributed by atoms with van der Waals surface area (Å²) in [6.07, 6.45) is 5.77. The summed E-state index contributed by atoms with van der Waals surface area (Å²) in [5.41, 5.74) is 6.14. The zero-order valence-electron chi connectivity index (χ0n) is 14.7. The fourth-order valence-corrected chi connectivity index (χ4v) is 2.61. The minimum absolute atomic E-state index is 0.0127. The Balaban J connectivity index is 2.03. The number of anilines is 3. The van der Waals surface area contributed by atoms with Gasteiger partial charge in [-0.2, -0.15) is 0 Å². The van der Waals surface area contributed by atoms with Crippen molar-refractivity contribution in [3.05, 3.63) is 48.5 Å². The minimum atomic E-state index is -0.719. The molecule has 0 aliphatic carbocycles. The van der Waals surface area contributed by atoms with Crippen molar-refractivity contribution in [3.63, 3.8) is 0 Å². The number of hydrogen-bond acceptors (Lipinski definition) is 8. The molecule has 9 heteroatoms. The van der Waals surface area contributed by atoms with E-state index in [1.165, 1.54) is 11.2 Å². The van der Waals surface area contributed by atoms with Gasteiger partial charge in [0, 0.05) is 35.3 Å². The molecule has 3 aromatic rings. The molecule has 1 amide bonds. The number of carbonyl (C=O) groups is 2. The number of pyridine rings is 1. The van der Waals surface area contributed by atoms with Crippen molar-refractivity contribution < 1.29 is 9.59 Å². The van der Waals surface area contributed by atoms with Gasteiger partial charge in [-0.05, 0) is 19.1 Å². The summed E-state index contributed by atoms with van der Waals surface area (Å²) in [7, 11) is 0. The molecule has 0 radical (unpaired) electrons. The van der Waals surface area contributed by atoms with Crippen molar-refractivity contribution in [2.24, 2.45) is 11.6 Å². The summed E-state index contributed by atoms with van der Waals surface area (Å²) in [5, 5.41) is 6.25. The van der Waals surface area contributed by atoms with Crippen LogP contribution in [0.3, 0.4) is 0 Å². The summed E-state index contributed by atoms with van der Waals surface area (Å²) >= 11 is 0. The van der Waals surface area contributed by atoms with Crippen molar-refractivity contribution >= 4 is 40.3 Å². The zero-order valence-corrected chi connectivity index (χ0v) is 14.7. The number of rotatable bonds is 7. The quantitative estimate of drug-likeness (QED) is 0.325. The van der Waals surface area contributed by atoms with Gasteiger partial charge >= 0.3 is 0 Å². The van der Waals surface area contributed by atoms with Gasteiger partial charge in [-0.1, -0.05) is 12.1 Å². The largest absolute Gasteiger partial charge is 0.364 e. The van der Waals surface area contributed by atoms with Crippen LogP contribution in [0.5, 0.6) is 0 Å². The molecule has 0 bridgehead atoms. The van der Waals surface area contributed by atoms with Crippen molar-refractivity contribution in [2.75, 3.05) is 10.3 Å². The first kappa shape index (κ1) is 18.2. The number of hydrazine groups is 1. The second-order valence-electron chi connectivity index (χ2n) is 5.98. The summed E-state index contributed by atoms with van der Waals surface area (Å²) in [6, 6.07) is 7.19. The van der Waals surface area contributed by atoms with Crippen molar-refractivity contribution in [2.45, 2.75) is 19.4 Å². The van der Waals surface area contributed by atoms with E-state index in [-0.39, 0.29) is 24.0 Å². The van der Waals surface area contributed by atoms with Crippen LogP contribution in [0.2, 0.25) is 0 Å². The van der Waals surface area contributed by atoms with E-state index in [4.69, 9.17) is 11.6 Å². The Morgan fingerprint density at radius 2 is 2.15 bits per heavy atom. The normalized spacial score (nSPS) is 11.8. The lowest BCUT2D eigenvalue weighted by atomic mass is 10.1. The second kappa shape index (κ2) is 7.75. The first-order valence-corrected chi connectivity index (χ1v) is 8.25. The summed E-state index contributed by atoms with van der Waals surface area (Å²) < 4.78 is 0. The highest BCUT2D eigenvalue weighted by molar-refractivity contribution is 5.99. The number of hydrogen-bond donors (Lipinski definition) is 3. The molecule has 0 unspecified atom stereocenters. The van der Waals surface area contributed by atoms with Gasteiger partial charge in [0.1, 0.15) is 6.29 Å². The van der Waals surface area contributed by atoms with Gasteiger partial charge in [-0.15, -0.1) is 0 Å². The highest BCUT2D eigenvalue weighted by Gasteiger charge is 2.18. The molecule has 0 aliphatic rings. The molecule has 0 spiro atoms. The van der Waals surface area contributed by atoms with Gasteiger partial charge in [0.15, 0.2) is 17.3 Å². The van der Waals surface area contributed by atoms with E-state index >= 15 is 0 Å². The van der Waals surface area contributed by atoms with Crippen LogP contribution in [-0.4, -0.2) is 33.2 Å². The summed E-state index contributed by atoms with van der Waals surface area (Å²) in [6.45, 7) is 1.78. The Morgan fingerprint density at radius 1 is 1.33 bits per heavy atom. The third-order valence-electron chi connectivity index (χ3n) is 4.10. The average Bonchev–Trinajstić information content (AvgIpc) is 2.67. The molecule has 27 heavy (non-hydrogen) atoms. The van der Waals surface area contributed by atoms with Gasteiger partial charge in [-0.3, -0.25) is 14.8 Å². The van der Waals surface area contributed by atoms with Crippen molar-refractivity contribution in [1.29, 1.82) is 0 Å². The first-order valence-electron chi connectivity index (χ1n) is 8.25. The fourth-order valence-electron chi connectivity index (χ4n) is 2.61. The maximum Gasteiger partial charge on any atom is 0.271 e. The van der Waals surface area contributed by atoms with E-state index in [1.54, 1.807) is 19.3 Å². The van der Waals surface area contributed by atoms with Crippen molar-refractivity contribution in [3.8, 4) is 0 Å². The van der Waals surface area contributed by atoms with Crippen molar-refractivity contribution in [1.82, 2.24) is 15.0 Å². The maximum atomic E-state index is 11.8. The number of nitrogens with two attached hydrogens (primary N) is 2. The number of carbonyl (C=O) groups excluding carboxylic acids is 2. The van der Waals surface area contributed by atoms with Gasteiger partial charge in [-0.25, -0.2) is 15.8 Å². The van der Waals surface area contributed by atoms with E-state index < -0.39 is 5.91 Å². The molecular formula is C18H19N7O2. The highest BCUT2D eigenvalue weighted by Crippen LogP contribution is 2.27. The summed E-state index contributed by atoms with van der Waals surface area (Å²) in [5.74, 6) is 5.79. The molecule has 0 saturated heterocycles. The number of primary amides is 1. The molecule has 1 aromatic carbocycles. The van der Waals surface area contributed by atoms with E-state index in [0.717, 1.165) is 17.1 Å². The van der Waals surface area contributed by atoms with Crippen LogP contribution in [0.4, 0.5) is 17.3 Å². The molecule has 9 nitrogen and oxygen atoms in total. The molecular weight excluding hydrogens is 346 g/mol. The van der Waals surface area contributed by atoms with Crippen LogP contribution in [0.15, 0.2) is 42.9 Å². The standard InChI is InChI=1S/C18H19N7O2/c1-11(6-8-26)25(20)15-10-22-16(17(19)27)18(24-15)23-14-4-2-3-12-9-21-7-5-13(12)14/h2-5,7-11H,6,20H2,1H3,(H2,19,27)(H,23,24)/t11-/m1/s1. The monoisotopic (exact) mass is 365 g/mol. The lowest BCUT2D eigenvalue weighted by Crippen LogP contribution is -2.40. The molecule has 3 rings (SSSR count). The number of fused-ring (bicyclic) bond motifs is 1. The topological polar surface area (TPSA) is 140 Å². The van der Waals surface area contributed by atoms with Crippen LogP contribution in [0.1, 0.15) is 23.8 Å². The van der Waals surface area contributed by atoms with Crippen LogP contribution in [0.25, 0.3) is 10.8 Å². The molecule has 5 N–H and O–H groups in total. The SMILES string of the molecule is C[C@H](CC=O)N(N)c1cnc(C(N)=O)c(Nc2cccc3cnccc23)n1. The zero-order chi connectivity index (χ0) is 19.4. The molecule has 138 valence electrons. The minimum Gasteiger partial charge on any atom is -0.364 e. The molecule has 2 aromatic heterocycles. The molecule has 0 fully saturated rings. The van der Waals surface area contributed by atoms with Crippen LogP contribution in [0, 0.1) is 0 Å². The number of nitrogens with one attached hydrogen (secondary N) is 1. The van der Waals surface area contributed by atoms with E-state index in [1.807, 2.05) is 24.3 Å². The number of benzene rings is 1. The van der Waals surface area contributed by atoms with Gasteiger partial charge in [0.2, 0.25) is 0 Å². The molecule has 0 aliphatic heterocycles. The Bertz CT molecular complexity index is 987. The predicted molar refractivity (Wildman–Crippen MR) is 102 cm³/mol. The Morgan fingerprint density at radius 3 is 2.89 bits per heavy atom. The lowest BCUT2D eigenvalue weighted by molar-refractivity contribution is -0.108. The summed E-state index contributed by atoms with van der Waals surface area (Å²) in [4.78, 5) is 35.1. The number of amides is 1. The average molecular weight is 365 g/mol. The smallest absolute Gasteiger partial charge is 0.271 e. The number of aldehydes is 1. The van der Waals surface area contributed by atoms with Gasteiger partial charge in [0.05, 0.1) is 12.2 Å². The Labute approximate surface area is 155 Å². The molecule has 1 atom stereocenters. The Hall–Kier alpha value is -3.59. The highest BCUT2D eigenvalue weighted by atomic mass is 16.1. The molecule has 2 heterocycles. The second-order valence-corrected chi connectivity index (χ2v) is 5.98. The fraction of sp³-hybridized carbons (Fsp3) is 0.167.